The van der Waals surface area contributed by atoms with Crippen LogP contribution in [0.3, 0.4) is 0 Å². The van der Waals surface area contributed by atoms with Crippen molar-refractivity contribution in [2.75, 3.05) is 4.90 Å². The topological polar surface area (TPSA) is 83.8 Å². The van der Waals surface area contributed by atoms with Crippen molar-refractivity contribution in [3.8, 4) is 29.3 Å². The van der Waals surface area contributed by atoms with Gasteiger partial charge >= 0.3 is 0 Å². The third-order valence-corrected chi connectivity index (χ3v) is 18.8. The van der Waals surface area contributed by atoms with E-state index in [0.29, 0.717) is 11.5 Å². The van der Waals surface area contributed by atoms with Crippen molar-refractivity contribution in [3.63, 3.8) is 0 Å². The molecule has 2 heterocycles. The standard InChI is InChI=1S/C61H52N4OSi/c1-43-36-58-55(37-48(43)30-35-57-56(41-64)59(49(39-62)40-63)66-61(57,5)50-31-28-47(29-32-50)46-18-10-6-11-19-46)44(2)38-60(3,4)65(58)42-45-26-33-54(34-27-45)67(51-20-12-7-13-21-51,52-22-14-8-15-23-52)53-24-16-9-17-25-53/h6-37,44H,38,42H2,1-5H3/b35-30+. The number of benzene rings is 7. The van der Waals surface area contributed by atoms with Gasteiger partial charge in [0.1, 0.15) is 23.8 Å². The predicted octanol–water partition coefficient (Wildman–Crippen LogP) is 11.4. The maximum absolute atomic E-state index is 10.6. The van der Waals surface area contributed by atoms with Gasteiger partial charge in [-0.3, -0.25) is 0 Å². The van der Waals surface area contributed by atoms with Crippen LogP contribution in [-0.2, 0) is 16.9 Å². The lowest BCUT2D eigenvalue weighted by atomic mass is 9.78. The SMILES string of the molecule is Cc1cc2c(cc1/C=C/C1=C(C#N)C(=C(C#N)C#N)OC1(C)c1ccc(-c3ccccc3)cc1)C(C)CC(C)(C)N2Cc1ccc([Si](c2ccccc2)(c2ccccc2)c2ccccc2)cc1. The van der Waals surface area contributed by atoms with E-state index in [4.69, 9.17) is 4.74 Å². The van der Waals surface area contributed by atoms with E-state index in [1.807, 2.05) is 67.6 Å². The van der Waals surface area contributed by atoms with Crippen molar-refractivity contribution in [2.24, 2.45) is 0 Å². The molecule has 0 saturated carbocycles. The third kappa shape index (κ3) is 7.99. The molecule has 7 aromatic carbocycles. The average molecular weight is 885 g/mol. The molecule has 0 aliphatic carbocycles. The molecule has 0 fully saturated rings. The van der Waals surface area contributed by atoms with E-state index >= 15 is 0 Å². The number of fused-ring (bicyclic) bond motifs is 1. The van der Waals surface area contributed by atoms with Gasteiger partial charge in [-0.05, 0) is 112 Å². The maximum atomic E-state index is 10.6. The summed E-state index contributed by atoms with van der Waals surface area (Å²) in [5.74, 6) is 0.308. The van der Waals surface area contributed by atoms with E-state index in [1.165, 1.54) is 37.6 Å². The molecule has 326 valence electrons. The number of allylic oxidation sites excluding steroid dienone is 2. The monoisotopic (exact) mass is 884 g/mol. The van der Waals surface area contributed by atoms with E-state index in [0.717, 1.165) is 40.8 Å². The zero-order valence-corrected chi connectivity index (χ0v) is 39.7. The molecule has 0 N–H and O–H groups in total. The molecule has 6 heteroatoms. The molecule has 5 nitrogen and oxygen atoms in total. The molecule has 9 rings (SSSR count). The number of nitriles is 3. The van der Waals surface area contributed by atoms with Crippen molar-refractivity contribution < 1.29 is 4.74 Å². The van der Waals surface area contributed by atoms with E-state index in [-0.39, 0.29) is 22.4 Å². The summed E-state index contributed by atoms with van der Waals surface area (Å²) in [6.07, 6.45) is 4.98. The summed E-state index contributed by atoms with van der Waals surface area (Å²) >= 11 is 0. The molecule has 0 spiro atoms. The van der Waals surface area contributed by atoms with Gasteiger partial charge in [-0.2, -0.15) is 15.8 Å². The first kappa shape index (κ1) is 44.3. The lowest BCUT2D eigenvalue weighted by Gasteiger charge is -2.48. The summed E-state index contributed by atoms with van der Waals surface area (Å²) < 4.78 is 6.54. The Labute approximate surface area is 396 Å². The molecule has 0 bridgehead atoms. The molecular weight excluding hydrogens is 833 g/mol. The maximum Gasteiger partial charge on any atom is 0.179 e. The zero-order chi connectivity index (χ0) is 46.8. The Kier molecular flexibility index (Phi) is 12.0. The first-order chi connectivity index (χ1) is 32.5. The second-order valence-electron chi connectivity index (χ2n) is 18.6. The Bertz CT molecular complexity index is 3060. The van der Waals surface area contributed by atoms with Crippen LogP contribution in [0, 0.1) is 40.9 Å². The largest absolute Gasteiger partial charge is 0.474 e. The highest BCUT2D eigenvalue weighted by molar-refractivity contribution is 7.19. The lowest BCUT2D eigenvalue weighted by molar-refractivity contribution is 0.0756. The van der Waals surface area contributed by atoms with Crippen molar-refractivity contribution in [2.45, 2.75) is 64.6 Å². The zero-order valence-electron chi connectivity index (χ0n) is 38.7. The van der Waals surface area contributed by atoms with Gasteiger partial charge in [0.2, 0.25) is 0 Å². The van der Waals surface area contributed by atoms with Gasteiger partial charge in [0, 0.05) is 23.3 Å². The molecule has 2 unspecified atom stereocenters. The minimum Gasteiger partial charge on any atom is -0.474 e. The van der Waals surface area contributed by atoms with Crippen LogP contribution >= 0.6 is 0 Å². The number of rotatable bonds is 10. The molecule has 0 saturated heterocycles. The van der Waals surface area contributed by atoms with Crippen LogP contribution in [0.5, 0.6) is 0 Å². The second-order valence-corrected chi connectivity index (χ2v) is 22.4. The number of nitrogens with zero attached hydrogens (tertiary/aromatic N) is 4. The van der Waals surface area contributed by atoms with Crippen molar-refractivity contribution in [1.82, 2.24) is 0 Å². The Morgan fingerprint density at radius 3 is 1.69 bits per heavy atom. The summed E-state index contributed by atoms with van der Waals surface area (Å²) in [5, 5.41) is 35.9. The Hall–Kier alpha value is -7.95. The number of hydrogen-bond donors (Lipinski definition) is 0. The van der Waals surface area contributed by atoms with Gasteiger partial charge in [-0.15, -0.1) is 0 Å². The minimum atomic E-state index is -2.65. The molecule has 0 aromatic heterocycles. The fraction of sp³-hybridized carbons (Fsp3) is 0.164. The first-order valence-electron chi connectivity index (χ1n) is 22.9. The van der Waals surface area contributed by atoms with Crippen LogP contribution in [0.4, 0.5) is 5.69 Å². The van der Waals surface area contributed by atoms with Gasteiger partial charge in [0.25, 0.3) is 0 Å². The Morgan fingerprint density at radius 1 is 0.657 bits per heavy atom. The summed E-state index contributed by atoms with van der Waals surface area (Å²) in [4.78, 5) is 2.58. The molecule has 2 aliphatic heterocycles. The lowest BCUT2D eigenvalue weighted by Crippen LogP contribution is -2.74. The van der Waals surface area contributed by atoms with Crippen molar-refractivity contribution in [1.29, 1.82) is 15.8 Å². The van der Waals surface area contributed by atoms with Crippen LogP contribution in [0.2, 0.25) is 0 Å². The van der Waals surface area contributed by atoms with Gasteiger partial charge in [-0.25, -0.2) is 0 Å². The van der Waals surface area contributed by atoms with Crippen molar-refractivity contribution in [3.05, 3.63) is 238 Å². The summed E-state index contributed by atoms with van der Waals surface area (Å²) in [6, 6.07) is 71.6. The molecule has 0 radical (unpaired) electrons. The Morgan fingerprint density at radius 2 is 1.16 bits per heavy atom. The highest BCUT2D eigenvalue weighted by Gasteiger charge is 2.45. The predicted molar refractivity (Wildman–Crippen MR) is 275 cm³/mol. The van der Waals surface area contributed by atoms with E-state index in [9.17, 15) is 15.8 Å². The van der Waals surface area contributed by atoms with Crippen LogP contribution < -0.4 is 25.6 Å². The second kappa shape index (κ2) is 18.1. The highest BCUT2D eigenvalue weighted by atomic mass is 28.3. The van der Waals surface area contributed by atoms with Gasteiger partial charge in [-0.1, -0.05) is 189 Å². The fourth-order valence-corrected chi connectivity index (χ4v) is 15.3. The smallest absolute Gasteiger partial charge is 0.179 e. The number of aryl methyl sites for hydroxylation is 1. The van der Waals surface area contributed by atoms with E-state index in [2.05, 4.69) is 184 Å². The summed E-state index contributed by atoms with van der Waals surface area (Å²) in [5.41, 5.74) is 8.12. The first-order valence-corrected chi connectivity index (χ1v) is 24.9. The normalized spacial score (nSPS) is 17.6. The molecular formula is C61H52N4OSi. The number of anilines is 1. The number of hydrogen-bond acceptors (Lipinski definition) is 5. The van der Waals surface area contributed by atoms with Crippen LogP contribution in [0.25, 0.3) is 17.2 Å². The summed E-state index contributed by atoms with van der Waals surface area (Å²) in [7, 11) is -2.65. The van der Waals surface area contributed by atoms with E-state index < -0.39 is 13.7 Å². The van der Waals surface area contributed by atoms with Gasteiger partial charge in [0.15, 0.2) is 25.0 Å². The highest BCUT2D eigenvalue weighted by Crippen LogP contribution is 2.49. The molecule has 2 atom stereocenters. The van der Waals surface area contributed by atoms with Gasteiger partial charge in [0.05, 0.1) is 0 Å². The minimum absolute atomic E-state index is 0.0108. The van der Waals surface area contributed by atoms with Crippen LogP contribution in [0.15, 0.2) is 211 Å². The fourth-order valence-electron chi connectivity index (χ4n) is 10.6. The summed E-state index contributed by atoms with van der Waals surface area (Å²) in [6.45, 7) is 11.8. The van der Waals surface area contributed by atoms with E-state index in [1.54, 1.807) is 0 Å². The number of ether oxygens (including phenoxy) is 1. The average Bonchev–Trinajstić information content (AvgIpc) is 3.65. The van der Waals surface area contributed by atoms with Crippen LogP contribution in [0.1, 0.15) is 67.9 Å². The molecule has 2 aliphatic rings. The quantitative estimate of drug-likeness (QED) is 0.0776. The molecule has 0 amide bonds. The van der Waals surface area contributed by atoms with Crippen LogP contribution in [-0.4, -0.2) is 13.6 Å². The van der Waals surface area contributed by atoms with Crippen molar-refractivity contribution >= 4 is 40.6 Å². The molecule has 7 aromatic rings. The molecule has 67 heavy (non-hydrogen) atoms. The Balaban J connectivity index is 1.07. The third-order valence-electron chi connectivity index (χ3n) is 14.0. The van der Waals surface area contributed by atoms with Gasteiger partial charge < -0.3 is 9.64 Å².